The van der Waals surface area contributed by atoms with E-state index in [1.165, 1.54) is 6.92 Å². The number of aryl methyl sites for hydroxylation is 1. The van der Waals surface area contributed by atoms with Crippen LogP contribution in [0.3, 0.4) is 0 Å². The molecule has 5 heteroatoms. The van der Waals surface area contributed by atoms with Gasteiger partial charge in [-0.3, -0.25) is 19.4 Å². The summed E-state index contributed by atoms with van der Waals surface area (Å²) < 4.78 is 5.30. The molecule has 1 aliphatic heterocycles. The van der Waals surface area contributed by atoms with E-state index in [4.69, 9.17) is 4.74 Å². The number of rotatable bonds is 4. The second kappa shape index (κ2) is 6.05. The van der Waals surface area contributed by atoms with Crippen LogP contribution in [0.25, 0.3) is 0 Å². The Kier molecular flexibility index (Phi) is 4.39. The van der Waals surface area contributed by atoms with E-state index in [0.717, 1.165) is 11.3 Å². The van der Waals surface area contributed by atoms with Crippen molar-refractivity contribution in [3.05, 3.63) is 29.8 Å². The molecule has 1 aromatic carbocycles. The van der Waals surface area contributed by atoms with Crippen molar-refractivity contribution in [1.82, 2.24) is 4.90 Å². The molecule has 20 heavy (non-hydrogen) atoms. The second-order valence-corrected chi connectivity index (χ2v) is 5.02. The van der Waals surface area contributed by atoms with Crippen molar-refractivity contribution in [3.63, 3.8) is 0 Å². The number of amides is 2. The van der Waals surface area contributed by atoms with E-state index in [0.29, 0.717) is 12.8 Å². The van der Waals surface area contributed by atoms with Crippen LogP contribution in [0.4, 0.5) is 5.69 Å². The Hall–Kier alpha value is -1.88. The Morgan fingerprint density at radius 3 is 2.60 bits per heavy atom. The van der Waals surface area contributed by atoms with Crippen LogP contribution in [0.5, 0.6) is 0 Å². The molecular weight excluding hydrogens is 256 g/mol. The lowest BCUT2D eigenvalue weighted by Gasteiger charge is -2.30. The Bertz CT molecular complexity index is 498. The highest BCUT2D eigenvalue weighted by molar-refractivity contribution is 5.92. The van der Waals surface area contributed by atoms with Crippen molar-refractivity contribution in [1.29, 1.82) is 0 Å². The standard InChI is InChI=1S/C15H20N2O3/c1-11-4-6-13(7-5-11)16(12(2)18)10-17-14(19)8-9-15(17)20-3/h4-7,15H,8-10H2,1-3H3/t15-/m0/s1. The van der Waals surface area contributed by atoms with Gasteiger partial charge in [0.2, 0.25) is 11.8 Å². The first-order chi connectivity index (χ1) is 9.52. The maximum atomic E-state index is 11.9. The minimum atomic E-state index is -0.241. The van der Waals surface area contributed by atoms with Crippen LogP contribution in [-0.2, 0) is 14.3 Å². The lowest BCUT2D eigenvalue weighted by atomic mass is 10.2. The SMILES string of the molecule is CO[C@H]1CCC(=O)N1CN(C(C)=O)c1ccc(C)cc1. The van der Waals surface area contributed by atoms with E-state index in [1.807, 2.05) is 31.2 Å². The van der Waals surface area contributed by atoms with Crippen LogP contribution in [0.15, 0.2) is 24.3 Å². The topological polar surface area (TPSA) is 49.9 Å². The Balaban J connectivity index is 2.19. The van der Waals surface area contributed by atoms with Gasteiger partial charge < -0.3 is 4.74 Å². The van der Waals surface area contributed by atoms with Gasteiger partial charge in [0.05, 0.1) is 0 Å². The summed E-state index contributed by atoms with van der Waals surface area (Å²) >= 11 is 0. The van der Waals surface area contributed by atoms with Crippen molar-refractivity contribution in [2.45, 2.75) is 32.9 Å². The van der Waals surface area contributed by atoms with Gasteiger partial charge in [0.25, 0.3) is 0 Å². The Morgan fingerprint density at radius 2 is 2.05 bits per heavy atom. The molecule has 1 saturated heterocycles. The van der Waals surface area contributed by atoms with Gasteiger partial charge in [0.15, 0.2) is 0 Å². The first kappa shape index (κ1) is 14.5. The zero-order valence-corrected chi connectivity index (χ0v) is 12.1. The minimum Gasteiger partial charge on any atom is -0.361 e. The lowest BCUT2D eigenvalue weighted by Crippen LogP contribution is -2.45. The highest BCUT2D eigenvalue weighted by atomic mass is 16.5. The number of likely N-dealkylation sites (tertiary alicyclic amines) is 1. The number of carbonyl (C=O) groups excluding carboxylic acids is 2. The molecule has 0 aliphatic carbocycles. The van der Waals surface area contributed by atoms with Crippen LogP contribution in [-0.4, -0.2) is 36.7 Å². The van der Waals surface area contributed by atoms with Crippen LogP contribution in [0, 0.1) is 6.92 Å². The molecule has 0 aromatic heterocycles. The molecule has 0 radical (unpaired) electrons. The van der Waals surface area contributed by atoms with E-state index in [-0.39, 0.29) is 24.7 Å². The van der Waals surface area contributed by atoms with E-state index in [1.54, 1.807) is 16.9 Å². The molecule has 2 rings (SSSR count). The third kappa shape index (κ3) is 2.99. The molecule has 1 aromatic rings. The van der Waals surface area contributed by atoms with Crippen molar-refractivity contribution in [2.24, 2.45) is 0 Å². The van der Waals surface area contributed by atoms with Gasteiger partial charge in [0.1, 0.15) is 12.9 Å². The molecule has 2 amide bonds. The van der Waals surface area contributed by atoms with Gasteiger partial charge in [-0.05, 0) is 19.1 Å². The minimum absolute atomic E-state index is 0.0233. The molecule has 108 valence electrons. The smallest absolute Gasteiger partial charge is 0.226 e. The normalized spacial score (nSPS) is 18.4. The first-order valence-electron chi connectivity index (χ1n) is 6.70. The van der Waals surface area contributed by atoms with Gasteiger partial charge in [-0.2, -0.15) is 0 Å². The number of benzene rings is 1. The molecule has 1 aliphatic rings. The maximum Gasteiger partial charge on any atom is 0.226 e. The lowest BCUT2D eigenvalue weighted by molar-refractivity contribution is -0.135. The summed E-state index contributed by atoms with van der Waals surface area (Å²) in [7, 11) is 1.58. The van der Waals surface area contributed by atoms with Crippen molar-refractivity contribution in [3.8, 4) is 0 Å². The van der Waals surface area contributed by atoms with Crippen LogP contribution in [0.2, 0.25) is 0 Å². The van der Waals surface area contributed by atoms with Gasteiger partial charge in [0, 0.05) is 32.6 Å². The fraction of sp³-hybridized carbons (Fsp3) is 0.467. The third-order valence-corrected chi connectivity index (χ3v) is 3.56. The van der Waals surface area contributed by atoms with Gasteiger partial charge >= 0.3 is 0 Å². The zero-order valence-electron chi connectivity index (χ0n) is 12.1. The number of anilines is 1. The number of carbonyl (C=O) groups is 2. The fourth-order valence-electron chi connectivity index (χ4n) is 2.36. The summed E-state index contributed by atoms with van der Waals surface area (Å²) in [5, 5.41) is 0. The average molecular weight is 276 g/mol. The molecule has 0 spiro atoms. The molecule has 0 saturated carbocycles. The molecule has 5 nitrogen and oxygen atoms in total. The highest BCUT2D eigenvalue weighted by Gasteiger charge is 2.32. The Labute approximate surface area is 119 Å². The van der Waals surface area contributed by atoms with Crippen LogP contribution < -0.4 is 4.90 Å². The molecule has 1 fully saturated rings. The number of ether oxygens (including phenoxy) is 1. The Morgan fingerprint density at radius 1 is 1.40 bits per heavy atom. The summed E-state index contributed by atoms with van der Waals surface area (Å²) in [6.45, 7) is 3.73. The maximum absolute atomic E-state index is 11.9. The summed E-state index contributed by atoms with van der Waals surface area (Å²) in [4.78, 5) is 27.0. The zero-order chi connectivity index (χ0) is 14.7. The molecular formula is C15H20N2O3. The summed E-state index contributed by atoms with van der Waals surface area (Å²) in [5.74, 6) is -0.0707. The van der Waals surface area contributed by atoms with E-state index in [2.05, 4.69) is 0 Å². The summed E-state index contributed by atoms with van der Waals surface area (Å²) in [5.41, 5.74) is 1.92. The monoisotopic (exact) mass is 276 g/mol. The van der Waals surface area contributed by atoms with Crippen molar-refractivity contribution in [2.75, 3.05) is 18.7 Å². The molecule has 1 atom stereocenters. The molecule has 1 heterocycles. The van der Waals surface area contributed by atoms with Crippen LogP contribution >= 0.6 is 0 Å². The third-order valence-electron chi connectivity index (χ3n) is 3.56. The van der Waals surface area contributed by atoms with E-state index >= 15 is 0 Å². The van der Waals surface area contributed by atoms with Gasteiger partial charge in [-0.1, -0.05) is 17.7 Å². The van der Waals surface area contributed by atoms with Crippen molar-refractivity contribution >= 4 is 17.5 Å². The van der Waals surface area contributed by atoms with Gasteiger partial charge in [-0.15, -0.1) is 0 Å². The summed E-state index contributed by atoms with van der Waals surface area (Å²) in [6.07, 6.45) is 0.905. The molecule has 0 unspecified atom stereocenters. The first-order valence-corrected chi connectivity index (χ1v) is 6.70. The molecule has 0 bridgehead atoms. The fourth-order valence-corrected chi connectivity index (χ4v) is 2.36. The number of methoxy groups -OCH3 is 1. The largest absolute Gasteiger partial charge is 0.361 e. The number of nitrogens with zero attached hydrogens (tertiary/aromatic N) is 2. The summed E-state index contributed by atoms with van der Waals surface area (Å²) in [6, 6.07) is 7.67. The quantitative estimate of drug-likeness (QED) is 0.844. The molecule has 0 N–H and O–H groups in total. The number of hydrogen-bond acceptors (Lipinski definition) is 3. The highest BCUT2D eigenvalue weighted by Crippen LogP contribution is 2.22. The average Bonchev–Trinajstić information content (AvgIpc) is 2.77. The van der Waals surface area contributed by atoms with Crippen LogP contribution in [0.1, 0.15) is 25.3 Å². The predicted octanol–water partition coefficient (Wildman–Crippen LogP) is 1.90. The van der Waals surface area contributed by atoms with E-state index < -0.39 is 0 Å². The van der Waals surface area contributed by atoms with Gasteiger partial charge in [-0.25, -0.2) is 0 Å². The van der Waals surface area contributed by atoms with E-state index in [9.17, 15) is 9.59 Å². The predicted molar refractivity (Wildman–Crippen MR) is 76.1 cm³/mol. The number of hydrogen-bond donors (Lipinski definition) is 0. The van der Waals surface area contributed by atoms with Crippen molar-refractivity contribution < 1.29 is 14.3 Å². The second-order valence-electron chi connectivity index (χ2n) is 5.02.